The summed E-state index contributed by atoms with van der Waals surface area (Å²) in [4.78, 5) is 0.111. The van der Waals surface area contributed by atoms with Crippen molar-refractivity contribution in [1.29, 1.82) is 0 Å². The van der Waals surface area contributed by atoms with E-state index in [1.807, 2.05) is 11.5 Å². The Morgan fingerprint density at radius 1 is 1.06 bits per heavy atom. The number of hydrogen-bond donors (Lipinski definition) is 0. The number of benzene rings is 3. The molecule has 0 N–H and O–H groups in total. The number of rotatable bonds is 6. The van der Waals surface area contributed by atoms with Gasteiger partial charge in [-0.25, -0.2) is 8.78 Å². The second-order valence-electron chi connectivity index (χ2n) is 8.96. The van der Waals surface area contributed by atoms with Crippen molar-refractivity contribution in [2.24, 2.45) is 0 Å². The van der Waals surface area contributed by atoms with Crippen LogP contribution in [0.1, 0.15) is 28.8 Å². The maximum Gasteiger partial charge on any atom is 0.297 e. The van der Waals surface area contributed by atoms with Gasteiger partial charge in [-0.3, -0.25) is 4.18 Å². The van der Waals surface area contributed by atoms with Gasteiger partial charge in [-0.2, -0.15) is 8.42 Å². The third-order valence-electron chi connectivity index (χ3n) is 6.59. The number of hydrogen-bond acceptors (Lipinski definition) is 4. The lowest BCUT2D eigenvalue weighted by Gasteiger charge is -2.24. The third-order valence-corrected chi connectivity index (χ3v) is 8.27. The highest BCUT2D eigenvalue weighted by Gasteiger charge is 2.32. The number of nitrogens with zero attached hydrogens (tertiary/aromatic N) is 1. The summed E-state index contributed by atoms with van der Waals surface area (Å²) in [6, 6.07) is 13.8. The first-order valence-electron chi connectivity index (χ1n) is 11.5. The third kappa shape index (κ3) is 4.49. The topological polar surface area (TPSA) is 57.5 Å². The van der Waals surface area contributed by atoms with E-state index in [2.05, 4.69) is 0 Å². The molecular formula is C27H24ClF2NO4S. The molecule has 36 heavy (non-hydrogen) atoms. The molecule has 1 atom stereocenters. The van der Waals surface area contributed by atoms with Crippen LogP contribution in [0.3, 0.4) is 0 Å². The summed E-state index contributed by atoms with van der Waals surface area (Å²) in [7, 11) is -2.39. The van der Waals surface area contributed by atoms with Crippen LogP contribution in [0, 0.1) is 18.6 Å². The van der Waals surface area contributed by atoms with E-state index in [-0.39, 0.29) is 11.4 Å². The summed E-state index contributed by atoms with van der Waals surface area (Å²) in [6.45, 7) is 2.15. The molecule has 5 rings (SSSR count). The molecular weight excluding hydrogens is 508 g/mol. The highest BCUT2D eigenvalue weighted by Crippen LogP contribution is 2.42. The summed E-state index contributed by atoms with van der Waals surface area (Å²) in [5.74, 6) is -1.24. The fourth-order valence-electron chi connectivity index (χ4n) is 4.87. The van der Waals surface area contributed by atoms with Gasteiger partial charge >= 0.3 is 0 Å². The van der Waals surface area contributed by atoms with Crippen LogP contribution >= 0.6 is 11.6 Å². The van der Waals surface area contributed by atoms with Crippen LogP contribution in [-0.2, 0) is 33.7 Å². The molecule has 0 aliphatic heterocycles. The van der Waals surface area contributed by atoms with Gasteiger partial charge in [0.05, 0.1) is 28.6 Å². The van der Waals surface area contributed by atoms with E-state index in [9.17, 15) is 17.2 Å². The number of halogens is 3. The van der Waals surface area contributed by atoms with Crippen LogP contribution in [0.25, 0.3) is 10.9 Å². The minimum atomic E-state index is -3.95. The van der Waals surface area contributed by atoms with E-state index in [0.717, 1.165) is 28.3 Å². The van der Waals surface area contributed by atoms with Crippen LogP contribution in [0.4, 0.5) is 8.78 Å². The minimum Gasteiger partial charge on any atom is -0.496 e. The quantitative estimate of drug-likeness (QED) is 0.278. The van der Waals surface area contributed by atoms with Gasteiger partial charge in [0, 0.05) is 24.0 Å². The van der Waals surface area contributed by atoms with Crippen molar-refractivity contribution in [2.75, 3.05) is 7.11 Å². The van der Waals surface area contributed by atoms with Gasteiger partial charge in [0.25, 0.3) is 10.1 Å². The van der Waals surface area contributed by atoms with Crippen molar-refractivity contribution >= 4 is 32.6 Å². The number of methoxy groups -OCH3 is 1. The Kier molecular flexibility index (Phi) is 6.53. The lowest BCUT2D eigenvalue weighted by molar-refractivity contribution is 0.191. The summed E-state index contributed by atoms with van der Waals surface area (Å²) in [5.41, 5.74) is 4.05. The number of aromatic nitrogens is 1. The largest absolute Gasteiger partial charge is 0.496 e. The normalized spacial score (nSPS) is 15.8. The molecule has 0 spiro atoms. The van der Waals surface area contributed by atoms with E-state index in [4.69, 9.17) is 20.5 Å². The maximum atomic E-state index is 13.9. The van der Waals surface area contributed by atoms with E-state index in [1.165, 1.54) is 24.3 Å². The second-order valence-corrected chi connectivity index (χ2v) is 10.9. The van der Waals surface area contributed by atoms with E-state index in [1.54, 1.807) is 31.4 Å². The zero-order chi connectivity index (χ0) is 25.6. The number of fused-ring (bicyclic) bond motifs is 3. The summed E-state index contributed by atoms with van der Waals surface area (Å²) in [6.07, 6.45) is 0.737. The average molecular weight is 532 g/mol. The molecule has 4 aromatic rings. The van der Waals surface area contributed by atoms with E-state index >= 15 is 0 Å². The molecule has 0 bridgehead atoms. The van der Waals surface area contributed by atoms with Gasteiger partial charge in [0.2, 0.25) is 0 Å². The van der Waals surface area contributed by atoms with Gasteiger partial charge < -0.3 is 9.30 Å². The first-order chi connectivity index (χ1) is 17.2. The molecule has 0 saturated carbocycles. The fourth-order valence-corrected chi connectivity index (χ4v) is 6.23. The van der Waals surface area contributed by atoms with Crippen molar-refractivity contribution in [3.63, 3.8) is 0 Å². The standard InChI is InChI=1S/C27H24ClF2NO4S/c1-16-3-7-19(8-4-16)36(32,33)35-18-6-11-24-20(14-18)26-25(34-2)12-9-21(28)27(26)31(24)15-17-5-10-22(29)23(30)13-17/h3-5,7-10,12-13,18H,6,11,14-15H2,1-2H3. The van der Waals surface area contributed by atoms with Crippen LogP contribution < -0.4 is 4.74 Å². The first kappa shape index (κ1) is 24.7. The lowest BCUT2D eigenvalue weighted by Crippen LogP contribution is -2.26. The monoisotopic (exact) mass is 531 g/mol. The van der Waals surface area contributed by atoms with Gasteiger partial charge in [-0.05, 0) is 67.3 Å². The number of ether oxygens (including phenoxy) is 1. The highest BCUT2D eigenvalue weighted by atomic mass is 35.5. The second kappa shape index (κ2) is 9.50. The Morgan fingerprint density at radius 2 is 1.81 bits per heavy atom. The molecule has 188 valence electrons. The summed E-state index contributed by atoms with van der Waals surface area (Å²) >= 11 is 6.63. The van der Waals surface area contributed by atoms with Crippen LogP contribution in [0.5, 0.6) is 5.75 Å². The zero-order valence-electron chi connectivity index (χ0n) is 19.7. The molecule has 1 heterocycles. The van der Waals surface area contributed by atoms with E-state index in [0.29, 0.717) is 41.1 Å². The molecule has 1 unspecified atom stereocenters. The molecule has 0 fully saturated rings. The predicted octanol–water partition coefficient (Wildman–Crippen LogP) is 6.20. The van der Waals surface area contributed by atoms with E-state index < -0.39 is 27.9 Å². The molecule has 5 nitrogen and oxygen atoms in total. The Bertz CT molecular complexity index is 1570. The number of aryl methyl sites for hydroxylation is 1. The molecule has 0 radical (unpaired) electrons. The SMILES string of the molecule is COc1ccc(Cl)c2c1c1c(n2Cc2ccc(F)c(F)c2)CCC(OS(=O)(=O)c2ccc(C)cc2)C1. The first-order valence-corrected chi connectivity index (χ1v) is 13.3. The Balaban J connectivity index is 1.56. The molecule has 9 heteroatoms. The van der Waals surface area contributed by atoms with Gasteiger partial charge in [-0.1, -0.05) is 35.4 Å². The van der Waals surface area contributed by atoms with Crippen LogP contribution in [0.2, 0.25) is 5.02 Å². The molecule has 3 aromatic carbocycles. The molecule has 1 aromatic heterocycles. The molecule has 1 aliphatic rings. The summed E-state index contributed by atoms with van der Waals surface area (Å²) < 4.78 is 66.6. The van der Waals surface area contributed by atoms with Crippen LogP contribution in [-0.4, -0.2) is 26.2 Å². The Morgan fingerprint density at radius 3 is 2.50 bits per heavy atom. The van der Waals surface area contributed by atoms with Gasteiger partial charge in [0.15, 0.2) is 11.6 Å². The van der Waals surface area contributed by atoms with Gasteiger partial charge in [-0.15, -0.1) is 0 Å². The van der Waals surface area contributed by atoms with Crippen molar-refractivity contribution in [3.8, 4) is 5.75 Å². The lowest BCUT2D eigenvalue weighted by atomic mass is 9.93. The van der Waals surface area contributed by atoms with Gasteiger partial charge in [0.1, 0.15) is 5.75 Å². The van der Waals surface area contributed by atoms with Crippen LogP contribution in [0.15, 0.2) is 59.5 Å². The maximum absolute atomic E-state index is 13.9. The van der Waals surface area contributed by atoms with Crippen molar-refractivity contribution in [1.82, 2.24) is 4.57 Å². The minimum absolute atomic E-state index is 0.111. The molecule has 0 amide bonds. The molecule has 1 aliphatic carbocycles. The smallest absolute Gasteiger partial charge is 0.297 e. The van der Waals surface area contributed by atoms with Crippen molar-refractivity contribution in [3.05, 3.63) is 93.6 Å². The fraction of sp³-hybridized carbons (Fsp3) is 0.259. The summed E-state index contributed by atoms with van der Waals surface area (Å²) in [5, 5.41) is 1.25. The van der Waals surface area contributed by atoms with Crippen molar-refractivity contribution < 1.29 is 26.1 Å². The molecule has 0 saturated heterocycles. The Hall–Kier alpha value is -2.94. The predicted molar refractivity (Wildman–Crippen MR) is 134 cm³/mol. The highest BCUT2D eigenvalue weighted by molar-refractivity contribution is 7.86. The zero-order valence-corrected chi connectivity index (χ0v) is 21.3. The average Bonchev–Trinajstić information content (AvgIpc) is 3.16. The van der Waals surface area contributed by atoms with Crippen molar-refractivity contribution in [2.45, 2.75) is 43.7 Å². The Labute approximate surface area is 213 Å².